The van der Waals surface area contributed by atoms with Crippen molar-refractivity contribution < 1.29 is 49.3 Å². The smallest absolute Gasteiger partial charge is 0.504 e. The highest BCUT2D eigenvalue weighted by atomic mass is 32.2. The van der Waals surface area contributed by atoms with Crippen LogP contribution in [0.25, 0.3) is 0 Å². The van der Waals surface area contributed by atoms with Crippen molar-refractivity contribution in [1.82, 2.24) is 4.98 Å². The Morgan fingerprint density at radius 3 is 2.39 bits per heavy atom. The molecule has 0 N–H and O–H groups in total. The van der Waals surface area contributed by atoms with Gasteiger partial charge in [-0.05, 0) is 37.4 Å². The number of unbranched alkanes of at least 4 members (excludes halogenated alkanes) is 2. The molecule has 0 aliphatic carbocycles. The van der Waals surface area contributed by atoms with Gasteiger partial charge in [0.15, 0.2) is 18.4 Å². The van der Waals surface area contributed by atoms with Crippen LogP contribution in [0.5, 0.6) is 11.9 Å². The Kier molecular flexibility index (Phi) is 10.6. The van der Waals surface area contributed by atoms with Crippen molar-refractivity contribution in [2.45, 2.75) is 109 Å². The maximum Gasteiger partial charge on any atom is 0.504 e. The minimum Gasteiger partial charge on any atom is -0.741 e. The first-order chi connectivity index (χ1) is 17.3. The van der Waals surface area contributed by atoms with Gasteiger partial charge in [0.25, 0.3) is 0 Å². The number of halogens is 3. The second-order valence-electron chi connectivity index (χ2n) is 11.1. The highest BCUT2D eigenvalue weighted by Gasteiger charge is 2.50. The standard InChI is InChI=1S/C23H41N2O4Si.CHF3O3S/c1-9-10-11-12-26-21-17(4)14-25-20-13-18(29-22(25)24-21)19(28-20)15-27-30(7,8)23(5,6)16(2)3;2-1(3,4)8(5,6)7/h14,16,18-20H,9-13,15H2,1-8H3;(H,5,6,7)/q+1;/p-1/t18-,19+,20+;/m0./s1. The Hall–Kier alpha value is -1.48. The number of fused-ring (bicyclic) bond motifs is 4. The second kappa shape index (κ2) is 12.4. The predicted octanol–water partition coefficient (Wildman–Crippen LogP) is 5.00. The Balaban J connectivity index is 0.000000550. The molecule has 0 aromatic carbocycles. The van der Waals surface area contributed by atoms with Gasteiger partial charge in [0.2, 0.25) is 6.23 Å². The van der Waals surface area contributed by atoms with Crippen molar-refractivity contribution in [3.8, 4) is 11.9 Å². The number of rotatable bonds is 10. The van der Waals surface area contributed by atoms with Gasteiger partial charge in [0.05, 0.1) is 25.2 Å². The second-order valence-corrected chi connectivity index (χ2v) is 17.1. The summed E-state index contributed by atoms with van der Waals surface area (Å²) in [6, 6.07) is 0.592. The van der Waals surface area contributed by atoms with Crippen LogP contribution in [-0.4, -0.2) is 57.2 Å². The van der Waals surface area contributed by atoms with Crippen molar-refractivity contribution in [1.29, 1.82) is 0 Å². The molecule has 0 saturated carbocycles. The molecular weight excluding hydrogens is 545 g/mol. The molecule has 1 fully saturated rings. The van der Waals surface area contributed by atoms with Gasteiger partial charge in [0.1, 0.15) is 18.4 Å². The van der Waals surface area contributed by atoms with Crippen LogP contribution in [0.15, 0.2) is 6.20 Å². The van der Waals surface area contributed by atoms with Gasteiger partial charge in [-0.25, -0.2) is 8.42 Å². The number of alkyl halides is 3. The van der Waals surface area contributed by atoms with Crippen LogP contribution in [-0.2, 0) is 19.3 Å². The molecule has 9 nitrogen and oxygen atoms in total. The zero-order chi connectivity index (χ0) is 29.1. The van der Waals surface area contributed by atoms with Crippen LogP contribution < -0.4 is 14.0 Å². The third kappa shape index (κ3) is 7.80. The Morgan fingerprint density at radius 1 is 1.26 bits per heavy atom. The highest BCUT2D eigenvalue weighted by molar-refractivity contribution is 7.86. The van der Waals surface area contributed by atoms with E-state index in [1.54, 1.807) is 0 Å². The lowest BCUT2D eigenvalue weighted by Gasteiger charge is -2.43. The average molecular weight is 587 g/mol. The molecular formula is C24H41F3N2O7SSi. The van der Waals surface area contributed by atoms with Gasteiger partial charge >= 0.3 is 17.4 Å². The molecule has 38 heavy (non-hydrogen) atoms. The van der Waals surface area contributed by atoms with Crippen LogP contribution in [0, 0.1) is 12.8 Å². The van der Waals surface area contributed by atoms with Crippen LogP contribution in [0.1, 0.15) is 72.1 Å². The molecule has 2 aliphatic rings. The largest absolute Gasteiger partial charge is 0.741 e. The molecule has 14 heteroatoms. The number of hydrogen-bond acceptors (Lipinski definition) is 8. The van der Waals surface area contributed by atoms with Gasteiger partial charge in [-0.2, -0.15) is 17.7 Å². The normalized spacial score (nSPS) is 21.4. The van der Waals surface area contributed by atoms with Crippen molar-refractivity contribution in [3.63, 3.8) is 0 Å². The third-order valence-corrected chi connectivity index (χ3v) is 12.8. The van der Waals surface area contributed by atoms with Crippen molar-refractivity contribution in [2.24, 2.45) is 5.92 Å². The summed E-state index contributed by atoms with van der Waals surface area (Å²) in [5.41, 5.74) is -4.64. The monoisotopic (exact) mass is 586 g/mol. The van der Waals surface area contributed by atoms with Gasteiger partial charge in [-0.15, -0.1) is 0 Å². The maximum absolute atomic E-state index is 10.7. The summed E-state index contributed by atoms with van der Waals surface area (Å²) in [7, 11) is -7.99. The minimum atomic E-state index is -6.09. The van der Waals surface area contributed by atoms with E-state index in [1.165, 1.54) is 12.8 Å². The van der Waals surface area contributed by atoms with E-state index < -0.39 is 23.9 Å². The average Bonchev–Trinajstić information content (AvgIpc) is 3.12. The van der Waals surface area contributed by atoms with Crippen molar-refractivity contribution >= 4 is 18.4 Å². The molecule has 1 aromatic heterocycles. The topological polar surface area (TPSA) is 111 Å². The zero-order valence-electron chi connectivity index (χ0n) is 23.4. The molecule has 3 heterocycles. The maximum atomic E-state index is 10.7. The number of aromatic nitrogens is 2. The molecule has 2 bridgehead atoms. The fourth-order valence-electron chi connectivity index (χ4n) is 3.96. The molecule has 220 valence electrons. The molecule has 1 saturated heterocycles. The van der Waals surface area contributed by atoms with E-state index in [1.807, 2.05) is 17.7 Å². The minimum absolute atomic E-state index is 0.0230. The lowest BCUT2D eigenvalue weighted by Crippen LogP contribution is -2.48. The number of ether oxygens (including phenoxy) is 3. The number of hydrogen-bond donors (Lipinski definition) is 0. The van der Waals surface area contributed by atoms with E-state index in [-0.39, 0.29) is 23.5 Å². The van der Waals surface area contributed by atoms with E-state index in [2.05, 4.69) is 52.7 Å². The van der Waals surface area contributed by atoms with Gasteiger partial charge in [-0.3, -0.25) is 0 Å². The lowest BCUT2D eigenvalue weighted by molar-refractivity contribution is -0.769. The molecule has 0 radical (unpaired) electrons. The summed E-state index contributed by atoms with van der Waals surface area (Å²) in [6.07, 6.45) is 6.13. The summed E-state index contributed by atoms with van der Waals surface area (Å²) in [5.74, 6) is 1.24. The first-order valence-electron chi connectivity index (χ1n) is 12.9. The lowest BCUT2D eigenvalue weighted by atomic mass is 9.99. The van der Waals surface area contributed by atoms with E-state index in [9.17, 15) is 13.2 Å². The third-order valence-electron chi connectivity index (χ3n) is 7.71. The quantitative estimate of drug-likeness (QED) is 0.124. The van der Waals surface area contributed by atoms with Gasteiger partial charge < -0.3 is 23.2 Å². The fraction of sp³-hybridized carbons (Fsp3) is 0.833. The SMILES string of the molecule is CCCCCOc1nc2[n+](cc1C)[C@H]1C[C@H](O2)[C@@H](CO[Si](C)(C)C(C)(C)C(C)C)O1.O=S(=O)([O-])C(F)(F)F. The van der Waals surface area contributed by atoms with Crippen LogP contribution in [0.2, 0.25) is 18.1 Å². The molecule has 2 aliphatic heterocycles. The molecule has 0 spiro atoms. The zero-order valence-corrected chi connectivity index (χ0v) is 25.2. The van der Waals surface area contributed by atoms with Crippen molar-refractivity contribution in [2.75, 3.05) is 13.2 Å². The van der Waals surface area contributed by atoms with E-state index in [0.717, 1.165) is 18.4 Å². The van der Waals surface area contributed by atoms with Gasteiger partial charge in [0, 0.05) is 4.98 Å². The highest BCUT2D eigenvalue weighted by Crippen LogP contribution is 2.45. The molecule has 0 unspecified atom stereocenters. The summed E-state index contributed by atoms with van der Waals surface area (Å²) >= 11 is 0. The van der Waals surface area contributed by atoms with E-state index >= 15 is 0 Å². The van der Waals surface area contributed by atoms with Crippen LogP contribution in [0.3, 0.4) is 0 Å². The Labute approximate surface area is 224 Å². The molecule has 0 amide bonds. The first kappa shape index (κ1) is 32.7. The Bertz CT molecular complexity index is 1050. The number of nitrogens with zero attached hydrogens (tertiary/aromatic N) is 2. The molecule has 3 atom stereocenters. The molecule has 1 aromatic rings. The number of aryl methyl sites for hydroxylation is 1. The predicted molar refractivity (Wildman–Crippen MR) is 135 cm³/mol. The fourth-order valence-corrected chi connectivity index (χ4v) is 6.31. The Morgan fingerprint density at radius 2 is 1.87 bits per heavy atom. The van der Waals surface area contributed by atoms with Crippen LogP contribution >= 0.6 is 0 Å². The summed E-state index contributed by atoms with van der Waals surface area (Å²) in [6.45, 7) is 19.3. The van der Waals surface area contributed by atoms with E-state index in [4.69, 9.17) is 31.6 Å². The molecule has 3 rings (SSSR count). The summed E-state index contributed by atoms with van der Waals surface area (Å²) in [4.78, 5) is 4.66. The summed E-state index contributed by atoms with van der Waals surface area (Å²) in [5, 5.41) is 0.182. The van der Waals surface area contributed by atoms with Crippen LogP contribution in [0.4, 0.5) is 13.2 Å². The van der Waals surface area contributed by atoms with E-state index in [0.29, 0.717) is 31.0 Å². The van der Waals surface area contributed by atoms with Gasteiger partial charge in [-0.1, -0.05) is 47.5 Å². The first-order valence-corrected chi connectivity index (χ1v) is 17.2. The summed E-state index contributed by atoms with van der Waals surface area (Å²) < 4.78 is 85.9. The van der Waals surface area contributed by atoms with Crippen molar-refractivity contribution in [3.05, 3.63) is 11.8 Å².